The Morgan fingerprint density at radius 1 is 1.33 bits per heavy atom. The van der Waals surface area contributed by atoms with Gasteiger partial charge in [-0.15, -0.1) is 0 Å². The number of hydrogen-bond donors (Lipinski definition) is 0. The minimum atomic E-state index is -0.861. The van der Waals surface area contributed by atoms with Gasteiger partial charge in [0.25, 0.3) is 0 Å². The number of nitrogens with zero attached hydrogens (tertiary/aromatic N) is 1. The fourth-order valence-corrected chi connectivity index (χ4v) is 3.91. The minimum absolute atomic E-state index is 0.861. The van der Waals surface area contributed by atoms with Crippen LogP contribution in [0.4, 0.5) is 0 Å². The molecule has 72 valence electrons. The van der Waals surface area contributed by atoms with E-state index in [1.54, 1.807) is 0 Å². The summed E-state index contributed by atoms with van der Waals surface area (Å²) in [4.78, 5) is 4.29. The molecule has 0 aliphatic carbocycles. The second-order valence-corrected chi connectivity index (χ2v) is 13.3. The summed E-state index contributed by atoms with van der Waals surface area (Å²) >= 11 is 2.16. The zero-order valence-electron chi connectivity index (χ0n) is 8.76. The first-order chi connectivity index (χ1) is 5.56. The Morgan fingerprint density at radius 2 is 2.00 bits per heavy atom. The van der Waals surface area contributed by atoms with Crippen molar-refractivity contribution >= 4 is 24.6 Å². The lowest BCUT2D eigenvalue weighted by atomic mass is 10.5. The van der Waals surface area contributed by atoms with Crippen molar-refractivity contribution in [3.05, 3.63) is 0 Å². The first-order valence-electron chi connectivity index (χ1n) is 4.68. The summed E-state index contributed by atoms with van der Waals surface area (Å²) in [6, 6.07) is 0. The van der Waals surface area contributed by atoms with Crippen molar-refractivity contribution in [2.45, 2.75) is 39.4 Å². The Kier molecular flexibility index (Phi) is 6.85. The molecule has 0 rings (SSSR count). The van der Waals surface area contributed by atoms with Crippen molar-refractivity contribution in [3.63, 3.8) is 0 Å². The van der Waals surface area contributed by atoms with Gasteiger partial charge in [0.1, 0.15) is 7.22 Å². The Morgan fingerprint density at radius 3 is 2.50 bits per heavy atom. The molecule has 0 aromatic rings. The maximum Gasteiger partial charge on any atom is 0.108 e. The lowest BCUT2D eigenvalue weighted by Gasteiger charge is -2.13. The van der Waals surface area contributed by atoms with Gasteiger partial charge < -0.3 is 0 Å². The summed E-state index contributed by atoms with van der Waals surface area (Å²) in [5.74, 6) is 1.29. The van der Waals surface area contributed by atoms with Gasteiger partial charge >= 0.3 is 0 Å². The standard InChI is InChI=1S/C9H21NSSi/c1-5-7-10-8-6-9-11-12(2,3)4/h7H,5-6,8-9H2,1-4H3/b10-7+. The van der Waals surface area contributed by atoms with Crippen LogP contribution in [0.3, 0.4) is 0 Å². The van der Waals surface area contributed by atoms with E-state index >= 15 is 0 Å². The van der Waals surface area contributed by atoms with Crippen LogP contribution < -0.4 is 0 Å². The molecule has 1 nitrogen and oxygen atoms in total. The normalized spacial score (nSPS) is 12.7. The molecular weight excluding hydrogens is 182 g/mol. The van der Waals surface area contributed by atoms with E-state index in [-0.39, 0.29) is 0 Å². The van der Waals surface area contributed by atoms with Crippen LogP contribution in [-0.2, 0) is 0 Å². The molecule has 0 fully saturated rings. The highest BCUT2D eigenvalue weighted by Crippen LogP contribution is 2.19. The Balaban J connectivity index is 3.17. The summed E-state index contributed by atoms with van der Waals surface area (Å²) in [6.45, 7) is 10.3. The Bertz CT molecular complexity index is 129. The third kappa shape index (κ3) is 10.2. The number of rotatable bonds is 6. The van der Waals surface area contributed by atoms with Crippen LogP contribution in [0, 0.1) is 0 Å². The monoisotopic (exact) mass is 203 g/mol. The van der Waals surface area contributed by atoms with E-state index in [2.05, 4.69) is 42.8 Å². The quantitative estimate of drug-likeness (QED) is 0.366. The molecule has 0 N–H and O–H groups in total. The highest BCUT2D eigenvalue weighted by atomic mass is 32.4. The van der Waals surface area contributed by atoms with Crippen molar-refractivity contribution in [3.8, 4) is 0 Å². The van der Waals surface area contributed by atoms with Gasteiger partial charge in [0, 0.05) is 6.54 Å². The van der Waals surface area contributed by atoms with Crippen LogP contribution >= 0.6 is 11.2 Å². The molecule has 0 aliphatic heterocycles. The molecule has 12 heavy (non-hydrogen) atoms. The first-order valence-corrected chi connectivity index (χ1v) is 9.89. The summed E-state index contributed by atoms with van der Waals surface area (Å²) in [6.07, 6.45) is 4.33. The topological polar surface area (TPSA) is 12.4 Å². The molecule has 3 heteroatoms. The third-order valence-electron chi connectivity index (χ3n) is 1.28. The van der Waals surface area contributed by atoms with Gasteiger partial charge in [-0.3, -0.25) is 4.99 Å². The van der Waals surface area contributed by atoms with Gasteiger partial charge in [-0.05, 0) is 24.8 Å². The average molecular weight is 203 g/mol. The maximum atomic E-state index is 4.29. The van der Waals surface area contributed by atoms with Crippen molar-refractivity contribution in [1.82, 2.24) is 0 Å². The fourth-order valence-electron chi connectivity index (χ4n) is 0.755. The van der Waals surface area contributed by atoms with Crippen molar-refractivity contribution in [2.75, 3.05) is 12.3 Å². The second-order valence-electron chi connectivity index (χ2n) is 3.81. The Labute approximate surface area is 81.7 Å². The van der Waals surface area contributed by atoms with Gasteiger partial charge in [-0.25, -0.2) is 0 Å². The van der Waals surface area contributed by atoms with Crippen LogP contribution in [0.5, 0.6) is 0 Å². The first kappa shape index (κ1) is 12.2. The molecule has 0 saturated carbocycles. The van der Waals surface area contributed by atoms with E-state index < -0.39 is 7.22 Å². The smallest absolute Gasteiger partial charge is 0.108 e. The van der Waals surface area contributed by atoms with E-state index in [0.29, 0.717) is 0 Å². The fraction of sp³-hybridized carbons (Fsp3) is 0.889. The predicted molar refractivity (Wildman–Crippen MR) is 64.1 cm³/mol. The van der Waals surface area contributed by atoms with Gasteiger partial charge in [-0.1, -0.05) is 26.6 Å². The predicted octanol–water partition coefficient (Wildman–Crippen LogP) is 3.43. The van der Waals surface area contributed by atoms with E-state index in [1.165, 1.54) is 12.2 Å². The van der Waals surface area contributed by atoms with E-state index in [0.717, 1.165) is 13.0 Å². The summed E-state index contributed by atoms with van der Waals surface area (Å²) in [7, 11) is -0.861. The summed E-state index contributed by atoms with van der Waals surface area (Å²) in [5, 5.41) is 0. The molecular formula is C9H21NSSi. The molecule has 0 spiro atoms. The average Bonchev–Trinajstić information content (AvgIpc) is 1.94. The Hall–Kier alpha value is 0.237. The van der Waals surface area contributed by atoms with Crippen molar-refractivity contribution in [1.29, 1.82) is 0 Å². The van der Waals surface area contributed by atoms with E-state index in [1.807, 2.05) is 6.21 Å². The minimum Gasteiger partial charge on any atom is -0.298 e. The molecule has 0 atom stereocenters. The molecule has 0 heterocycles. The summed E-state index contributed by atoms with van der Waals surface area (Å²) in [5.41, 5.74) is 0. The number of hydrogen-bond acceptors (Lipinski definition) is 2. The van der Waals surface area contributed by atoms with E-state index in [4.69, 9.17) is 0 Å². The SMILES string of the molecule is CC/C=N/CCCS[Si](C)(C)C. The van der Waals surface area contributed by atoms with Gasteiger partial charge in [-0.2, -0.15) is 11.2 Å². The maximum absolute atomic E-state index is 4.29. The van der Waals surface area contributed by atoms with Crippen LogP contribution in [-0.4, -0.2) is 25.7 Å². The molecule has 0 saturated heterocycles. The zero-order valence-corrected chi connectivity index (χ0v) is 10.6. The largest absolute Gasteiger partial charge is 0.298 e. The molecule has 0 aromatic carbocycles. The van der Waals surface area contributed by atoms with Gasteiger partial charge in [0.2, 0.25) is 0 Å². The van der Waals surface area contributed by atoms with Crippen molar-refractivity contribution in [2.24, 2.45) is 4.99 Å². The van der Waals surface area contributed by atoms with Crippen LogP contribution in [0.25, 0.3) is 0 Å². The van der Waals surface area contributed by atoms with Gasteiger partial charge in [0.15, 0.2) is 0 Å². The van der Waals surface area contributed by atoms with Crippen LogP contribution in [0.2, 0.25) is 19.6 Å². The molecule has 0 aliphatic rings. The molecule has 0 aromatic heterocycles. The highest BCUT2D eigenvalue weighted by molar-refractivity contribution is 8.28. The molecule has 0 amide bonds. The van der Waals surface area contributed by atoms with Crippen molar-refractivity contribution < 1.29 is 0 Å². The molecule has 0 unspecified atom stereocenters. The van der Waals surface area contributed by atoms with E-state index in [9.17, 15) is 0 Å². The second kappa shape index (κ2) is 6.72. The lowest BCUT2D eigenvalue weighted by molar-refractivity contribution is 0.945. The zero-order chi connectivity index (χ0) is 9.45. The lowest BCUT2D eigenvalue weighted by Crippen LogP contribution is -2.14. The highest BCUT2D eigenvalue weighted by Gasteiger charge is 2.11. The third-order valence-corrected chi connectivity index (χ3v) is 5.85. The van der Waals surface area contributed by atoms with Crippen LogP contribution in [0.1, 0.15) is 19.8 Å². The molecule has 0 radical (unpaired) electrons. The number of aliphatic imine (C=N–C) groups is 1. The van der Waals surface area contributed by atoms with Gasteiger partial charge in [0.05, 0.1) is 0 Å². The molecule has 0 bridgehead atoms. The van der Waals surface area contributed by atoms with Crippen LogP contribution in [0.15, 0.2) is 4.99 Å². The summed E-state index contributed by atoms with van der Waals surface area (Å²) < 4.78 is 0.